The van der Waals surface area contributed by atoms with E-state index in [0.717, 1.165) is 19.2 Å². The second-order valence-electron chi connectivity index (χ2n) is 2.89. The number of nitrogens with zero attached hydrogens (tertiary/aromatic N) is 1. The Balaban J connectivity index is 2.63. The van der Waals surface area contributed by atoms with Crippen molar-refractivity contribution in [3.63, 3.8) is 0 Å². The molecule has 14 heavy (non-hydrogen) atoms. The lowest BCUT2D eigenvalue weighted by Crippen LogP contribution is -1.79. The number of fused-ring (bicyclic) bond motifs is 1. The Labute approximate surface area is 98.9 Å². The van der Waals surface area contributed by atoms with Gasteiger partial charge in [-0.25, -0.2) is 0 Å². The Morgan fingerprint density at radius 2 is 2.29 bits per heavy atom. The third-order valence-electron chi connectivity index (χ3n) is 1.96. The number of hydrogen-bond donors (Lipinski definition) is 1. The van der Waals surface area contributed by atoms with Crippen LogP contribution in [-0.2, 0) is 6.42 Å². The van der Waals surface area contributed by atoms with Crippen LogP contribution in [-0.4, -0.2) is 5.11 Å². The predicted octanol–water partition coefficient (Wildman–Crippen LogP) is 3.28. The first-order valence-electron chi connectivity index (χ1n) is 3.99. The molecule has 2 rings (SSSR count). The molecule has 1 heterocycles. The predicted molar refractivity (Wildman–Crippen MR) is 65.5 cm³/mol. The number of benzene rings is 1. The number of rotatable bonds is 1. The molecule has 0 spiro atoms. The van der Waals surface area contributed by atoms with Gasteiger partial charge in [-0.3, -0.25) is 0 Å². The molecule has 0 fully saturated rings. The van der Waals surface area contributed by atoms with E-state index in [1.165, 1.54) is 11.3 Å². The molecule has 0 aliphatic rings. The van der Waals surface area contributed by atoms with Crippen LogP contribution in [0.15, 0.2) is 18.2 Å². The summed E-state index contributed by atoms with van der Waals surface area (Å²) in [5.74, 6) is 0. The van der Waals surface area contributed by atoms with Crippen molar-refractivity contribution in [1.29, 1.82) is 5.26 Å². The maximum Gasteiger partial charge on any atom is 0.186 e. The summed E-state index contributed by atoms with van der Waals surface area (Å²) >= 11 is 3.48. The van der Waals surface area contributed by atoms with Gasteiger partial charge in [0.1, 0.15) is 0 Å². The third-order valence-corrected chi connectivity index (χ3v) is 4.37. The normalized spacial score (nSPS) is 10.3. The summed E-state index contributed by atoms with van der Waals surface area (Å²) in [7, 11) is 0. The molecular formula is C10H6INOS. The molecule has 0 radical (unpaired) electrons. The summed E-state index contributed by atoms with van der Waals surface area (Å²) in [5, 5.41) is 19.5. The zero-order chi connectivity index (χ0) is 10.1. The van der Waals surface area contributed by atoms with E-state index in [0.29, 0.717) is 11.5 Å². The van der Waals surface area contributed by atoms with Gasteiger partial charge < -0.3 is 5.11 Å². The van der Waals surface area contributed by atoms with Gasteiger partial charge in [0.05, 0.1) is 16.1 Å². The van der Waals surface area contributed by atoms with Crippen LogP contribution in [0.2, 0.25) is 0 Å². The number of aromatic hydroxyl groups is 1. The molecule has 2 nitrogen and oxygen atoms in total. The molecule has 4 heteroatoms. The highest BCUT2D eigenvalue weighted by atomic mass is 127. The Morgan fingerprint density at radius 1 is 1.50 bits per heavy atom. The SMILES string of the molecule is N#CCc1ccc2c(I)c(O)sc2c1. The monoisotopic (exact) mass is 315 g/mol. The number of halogens is 1. The number of thiophene rings is 1. The first-order valence-corrected chi connectivity index (χ1v) is 5.88. The molecular weight excluding hydrogens is 309 g/mol. The molecule has 0 amide bonds. The fraction of sp³-hybridized carbons (Fsp3) is 0.100. The van der Waals surface area contributed by atoms with Crippen LogP contribution in [0.25, 0.3) is 10.1 Å². The summed E-state index contributed by atoms with van der Waals surface area (Å²) in [4.78, 5) is 0. The van der Waals surface area contributed by atoms with E-state index in [4.69, 9.17) is 5.26 Å². The fourth-order valence-corrected chi connectivity index (χ4v) is 3.18. The molecule has 0 unspecified atom stereocenters. The second kappa shape index (κ2) is 3.75. The van der Waals surface area contributed by atoms with E-state index in [9.17, 15) is 5.11 Å². The third kappa shape index (κ3) is 1.57. The van der Waals surface area contributed by atoms with Gasteiger partial charge in [0.25, 0.3) is 0 Å². The lowest BCUT2D eigenvalue weighted by atomic mass is 10.1. The van der Waals surface area contributed by atoms with Gasteiger partial charge >= 0.3 is 0 Å². The van der Waals surface area contributed by atoms with Crippen molar-refractivity contribution < 1.29 is 5.11 Å². The fourth-order valence-electron chi connectivity index (χ4n) is 1.30. The van der Waals surface area contributed by atoms with E-state index >= 15 is 0 Å². The van der Waals surface area contributed by atoms with Crippen LogP contribution in [0, 0.1) is 14.9 Å². The highest BCUT2D eigenvalue weighted by Crippen LogP contribution is 2.37. The summed E-state index contributed by atoms with van der Waals surface area (Å²) in [5.41, 5.74) is 0.998. The average molecular weight is 315 g/mol. The first-order chi connectivity index (χ1) is 6.72. The Hall–Kier alpha value is -0.800. The largest absolute Gasteiger partial charge is 0.499 e. The van der Waals surface area contributed by atoms with Crippen LogP contribution in [0.3, 0.4) is 0 Å². The Kier molecular flexibility index (Phi) is 2.61. The van der Waals surface area contributed by atoms with E-state index in [-0.39, 0.29) is 0 Å². The van der Waals surface area contributed by atoms with Crippen molar-refractivity contribution in [2.75, 3.05) is 0 Å². The minimum absolute atomic E-state index is 0.356. The lowest BCUT2D eigenvalue weighted by molar-refractivity contribution is 0.488. The van der Waals surface area contributed by atoms with Gasteiger partial charge in [0.2, 0.25) is 0 Å². The zero-order valence-corrected chi connectivity index (χ0v) is 10.1. The molecule has 0 aliphatic carbocycles. The van der Waals surface area contributed by atoms with Crippen LogP contribution < -0.4 is 0 Å². The van der Waals surface area contributed by atoms with Crippen LogP contribution in [0.1, 0.15) is 5.56 Å². The van der Waals surface area contributed by atoms with Gasteiger partial charge in [0, 0.05) is 10.1 Å². The van der Waals surface area contributed by atoms with Crippen LogP contribution in [0.4, 0.5) is 0 Å². The lowest BCUT2D eigenvalue weighted by Gasteiger charge is -1.94. The number of nitriles is 1. The summed E-state index contributed by atoms with van der Waals surface area (Å²) in [6, 6.07) is 7.96. The van der Waals surface area contributed by atoms with E-state index < -0.39 is 0 Å². The standard InChI is InChI=1S/C10H6INOS/c11-9-7-2-1-6(3-4-12)5-8(7)14-10(9)13/h1-2,5,13H,3H2. The van der Waals surface area contributed by atoms with Crippen molar-refractivity contribution in [2.24, 2.45) is 0 Å². The topological polar surface area (TPSA) is 44.0 Å². The molecule has 2 aromatic rings. The summed E-state index contributed by atoms with van der Waals surface area (Å²) < 4.78 is 1.94. The highest BCUT2D eigenvalue weighted by Gasteiger charge is 2.08. The molecule has 1 aromatic carbocycles. The minimum atomic E-state index is 0.356. The quantitative estimate of drug-likeness (QED) is 0.821. The average Bonchev–Trinajstić information content (AvgIpc) is 2.43. The molecule has 0 bridgehead atoms. The molecule has 1 aromatic heterocycles. The molecule has 0 aliphatic heterocycles. The van der Waals surface area contributed by atoms with Crippen molar-refractivity contribution >= 4 is 44.0 Å². The van der Waals surface area contributed by atoms with Crippen LogP contribution >= 0.6 is 33.9 Å². The van der Waals surface area contributed by atoms with Crippen molar-refractivity contribution in [3.05, 3.63) is 27.3 Å². The van der Waals surface area contributed by atoms with Gasteiger partial charge in [0.15, 0.2) is 5.06 Å². The molecule has 0 saturated heterocycles. The molecule has 70 valence electrons. The van der Waals surface area contributed by atoms with Crippen LogP contribution in [0.5, 0.6) is 5.06 Å². The van der Waals surface area contributed by atoms with E-state index in [1.54, 1.807) is 0 Å². The number of hydrogen-bond acceptors (Lipinski definition) is 3. The zero-order valence-electron chi connectivity index (χ0n) is 7.12. The minimum Gasteiger partial charge on any atom is -0.499 e. The smallest absolute Gasteiger partial charge is 0.186 e. The maximum atomic E-state index is 9.51. The summed E-state index contributed by atoms with van der Waals surface area (Å²) in [6.07, 6.45) is 0.422. The van der Waals surface area contributed by atoms with Gasteiger partial charge in [-0.15, -0.1) is 0 Å². The maximum absolute atomic E-state index is 9.51. The first kappa shape index (κ1) is 9.74. The Morgan fingerprint density at radius 3 is 3.00 bits per heavy atom. The van der Waals surface area contributed by atoms with Crippen molar-refractivity contribution in [2.45, 2.75) is 6.42 Å². The van der Waals surface area contributed by atoms with Gasteiger partial charge in [-0.2, -0.15) is 5.26 Å². The van der Waals surface area contributed by atoms with Gasteiger partial charge in [-0.1, -0.05) is 23.5 Å². The molecule has 0 atom stereocenters. The van der Waals surface area contributed by atoms with Gasteiger partial charge in [-0.05, 0) is 34.2 Å². The van der Waals surface area contributed by atoms with E-state index in [2.05, 4.69) is 28.7 Å². The summed E-state index contributed by atoms with van der Waals surface area (Å²) in [6.45, 7) is 0. The molecule has 1 N–H and O–H groups in total. The van der Waals surface area contributed by atoms with Crippen molar-refractivity contribution in [3.8, 4) is 11.1 Å². The Bertz CT molecular complexity index is 527. The van der Waals surface area contributed by atoms with E-state index in [1.807, 2.05) is 18.2 Å². The van der Waals surface area contributed by atoms with Crippen molar-refractivity contribution in [1.82, 2.24) is 0 Å². The second-order valence-corrected chi connectivity index (χ2v) is 5.00. The highest BCUT2D eigenvalue weighted by molar-refractivity contribution is 14.1. The molecule has 0 saturated carbocycles.